The summed E-state index contributed by atoms with van der Waals surface area (Å²) in [6.45, 7) is 0.734. The molecule has 0 saturated carbocycles. The summed E-state index contributed by atoms with van der Waals surface area (Å²) in [5, 5.41) is 3.76. The summed E-state index contributed by atoms with van der Waals surface area (Å²) in [5.41, 5.74) is 9.27. The van der Waals surface area contributed by atoms with Gasteiger partial charge in [-0.1, -0.05) is 96.0 Å². The first-order valence-electron chi connectivity index (χ1n) is 11.3. The van der Waals surface area contributed by atoms with Gasteiger partial charge in [0, 0.05) is 19.0 Å². The van der Waals surface area contributed by atoms with E-state index in [9.17, 15) is 9.59 Å². The third-order valence-electron chi connectivity index (χ3n) is 6.28. The minimum atomic E-state index is -0.819. The average Bonchev–Trinajstić information content (AvgIpc) is 3.36. The highest BCUT2D eigenvalue weighted by Crippen LogP contribution is 2.30. The minimum absolute atomic E-state index is 0.218. The summed E-state index contributed by atoms with van der Waals surface area (Å²) in [6.07, 6.45) is 1.34. The third kappa shape index (κ3) is 5.27. The molecule has 0 aromatic heterocycles. The summed E-state index contributed by atoms with van der Waals surface area (Å²) in [6, 6.07) is 23.5. The van der Waals surface area contributed by atoms with Crippen molar-refractivity contribution in [2.45, 2.75) is 37.4 Å². The molecular formula is C27H27Cl2N3O2. The number of nitrogens with one attached hydrogen (secondary N) is 1. The highest BCUT2D eigenvalue weighted by atomic mass is 35.5. The predicted octanol–water partition coefficient (Wildman–Crippen LogP) is 4.76. The Morgan fingerprint density at radius 1 is 0.941 bits per heavy atom. The Morgan fingerprint density at radius 3 is 2.18 bits per heavy atom. The van der Waals surface area contributed by atoms with Crippen molar-refractivity contribution in [2.75, 3.05) is 6.54 Å². The number of nitrogens with two attached hydrogens (primary N) is 1. The standard InChI is InChI=1S/C27H27Cl2N3O2/c28-21-14-7-13-20(24(21)29)17-31-26(33)22-15-8-16-32(22)27(34)25(30)23(18-9-3-1-4-10-18)19-11-5-2-6-12-19/h1-7,9-14,22-23,25H,8,15-17,30H2,(H,31,33)/t22-,25+/m0/s1. The van der Waals surface area contributed by atoms with Gasteiger partial charge in [-0.25, -0.2) is 0 Å². The van der Waals surface area contributed by atoms with Crippen molar-refractivity contribution < 1.29 is 9.59 Å². The van der Waals surface area contributed by atoms with E-state index in [0.717, 1.165) is 23.1 Å². The normalized spacial score (nSPS) is 16.5. The average molecular weight is 496 g/mol. The number of carbonyl (C=O) groups excluding carboxylic acids is 2. The number of nitrogens with zero attached hydrogens (tertiary/aromatic N) is 1. The van der Waals surface area contributed by atoms with Gasteiger partial charge in [0.1, 0.15) is 6.04 Å². The van der Waals surface area contributed by atoms with Gasteiger partial charge in [0.05, 0.1) is 16.1 Å². The molecular weight excluding hydrogens is 469 g/mol. The second-order valence-corrected chi connectivity index (χ2v) is 9.23. The van der Waals surface area contributed by atoms with Crippen molar-refractivity contribution in [2.24, 2.45) is 5.73 Å². The van der Waals surface area contributed by atoms with Crippen LogP contribution in [0.3, 0.4) is 0 Å². The van der Waals surface area contributed by atoms with Crippen LogP contribution in [0, 0.1) is 0 Å². The molecule has 0 spiro atoms. The molecule has 3 N–H and O–H groups in total. The lowest BCUT2D eigenvalue weighted by molar-refractivity contribution is -0.139. The van der Waals surface area contributed by atoms with Gasteiger partial charge >= 0.3 is 0 Å². The zero-order valence-corrected chi connectivity index (χ0v) is 20.2. The molecule has 0 bridgehead atoms. The Kier molecular flexibility index (Phi) is 7.88. The quantitative estimate of drug-likeness (QED) is 0.495. The molecule has 1 saturated heterocycles. The molecule has 1 aliphatic rings. The van der Waals surface area contributed by atoms with Crippen LogP contribution in [0.4, 0.5) is 0 Å². The van der Waals surface area contributed by atoms with Gasteiger partial charge in [-0.2, -0.15) is 0 Å². The van der Waals surface area contributed by atoms with Gasteiger partial charge in [0.15, 0.2) is 0 Å². The molecule has 2 amide bonds. The second kappa shape index (κ2) is 11.0. The lowest BCUT2D eigenvalue weighted by Gasteiger charge is -2.31. The van der Waals surface area contributed by atoms with Crippen LogP contribution in [0.1, 0.15) is 35.4 Å². The maximum absolute atomic E-state index is 13.6. The number of rotatable bonds is 7. The fourth-order valence-electron chi connectivity index (χ4n) is 4.55. The van der Waals surface area contributed by atoms with Crippen molar-refractivity contribution in [3.05, 3.63) is 106 Å². The largest absolute Gasteiger partial charge is 0.350 e. The van der Waals surface area contributed by atoms with Crippen molar-refractivity contribution in [1.29, 1.82) is 0 Å². The van der Waals surface area contributed by atoms with Crippen LogP contribution < -0.4 is 11.1 Å². The first-order chi connectivity index (χ1) is 16.5. The van der Waals surface area contributed by atoms with Crippen LogP contribution in [-0.4, -0.2) is 35.3 Å². The predicted molar refractivity (Wildman–Crippen MR) is 136 cm³/mol. The topological polar surface area (TPSA) is 75.4 Å². The molecule has 3 aromatic carbocycles. The molecule has 2 atom stereocenters. The van der Waals surface area contributed by atoms with Gasteiger partial charge in [-0.3, -0.25) is 9.59 Å². The van der Waals surface area contributed by atoms with E-state index in [1.165, 1.54) is 0 Å². The monoisotopic (exact) mass is 495 g/mol. The number of hydrogen-bond acceptors (Lipinski definition) is 3. The molecule has 1 heterocycles. The fourth-order valence-corrected chi connectivity index (χ4v) is 4.94. The molecule has 3 aromatic rings. The van der Waals surface area contributed by atoms with Gasteiger partial charge in [0.25, 0.3) is 0 Å². The van der Waals surface area contributed by atoms with E-state index in [0.29, 0.717) is 23.0 Å². The van der Waals surface area contributed by atoms with E-state index in [1.54, 1.807) is 17.0 Å². The smallest absolute Gasteiger partial charge is 0.243 e. The molecule has 176 valence electrons. The SMILES string of the molecule is N[C@@H](C(=O)N1CCC[C@H]1C(=O)NCc1cccc(Cl)c1Cl)C(c1ccccc1)c1ccccc1. The molecule has 4 rings (SSSR count). The first-order valence-corrected chi connectivity index (χ1v) is 12.1. The summed E-state index contributed by atoms with van der Waals surface area (Å²) in [5.74, 6) is -0.759. The van der Waals surface area contributed by atoms with Crippen LogP contribution >= 0.6 is 23.2 Å². The zero-order chi connectivity index (χ0) is 24.1. The summed E-state index contributed by atoms with van der Waals surface area (Å²) in [4.78, 5) is 28.3. The van der Waals surface area contributed by atoms with Crippen molar-refractivity contribution >= 4 is 35.0 Å². The lowest BCUT2D eigenvalue weighted by atomic mass is 9.84. The molecule has 0 unspecified atom stereocenters. The highest BCUT2D eigenvalue weighted by Gasteiger charge is 2.39. The third-order valence-corrected chi connectivity index (χ3v) is 7.14. The van der Waals surface area contributed by atoms with Crippen LogP contribution in [0.25, 0.3) is 0 Å². The molecule has 1 fully saturated rings. The maximum atomic E-state index is 13.6. The summed E-state index contributed by atoms with van der Waals surface area (Å²) >= 11 is 12.3. The van der Waals surface area contributed by atoms with E-state index in [2.05, 4.69) is 5.32 Å². The molecule has 7 heteroatoms. The molecule has 5 nitrogen and oxygen atoms in total. The van der Waals surface area contributed by atoms with Crippen molar-refractivity contribution in [1.82, 2.24) is 10.2 Å². The molecule has 1 aliphatic heterocycles. The molecule has 34 heavy (non-hydrogen) atoms. The van der Waals surface area contributed by atoms with E-state index in [4.69, 9.17) is 28.9 Å². The number of benzene rings is 3. The van der Waals surface area contributed by atoms with Gasteiger partial charge in [-0.15, -0.1) is 0 Å². The minimum Gasteiger partial charge on any atom is -0.350 e. The number of carbonyl (C=O) groups is 2. The second-order valence-electron chi connectivity index (χ2n) is 8.45. The highest BCUT2D eigenvalue weighted by molar-refractivity contribution is 6.42. The van der Waals surface area contributed by atoms with Gasteiger partial charge < -0.3 is 16.0 Å². The Bertz CT molecular complexity index is 1100. The van der Waals surface area contributed by atoms with E-state index in [-0.39, 0.29) is 24.3 Å². The van der Waals surface area contributed by atoms with Crippen LogP contribution in [0.2, 0.25) is 10.0 Å². The van der Waals surface area contributed by atoms with Crippen LogP contribution in [0.5, 0.6) is 0 Å². The zero-order valence-electron chi connectivity index (χ0n) is 18.7. The Morgan fingerprint density at radius 2 is 1.56 bits per heavy atom. The lowest BCUT2D eigenvalue weighted by Crippen LogP contribution is -2.52. The Hall–Kier alpha value is -2.86. The number of likely N-dealkylation sites (tertiary alicyclic amines) is 1. The van der Waals surface area contributed by atoms with E-state index >= 15 is 0 Å². The van der Waals surface area contributed by atoms with Crippen molar-refractivity contribution in [3.8, 4) is 0 Å². The maximum Gasteiger partial charge on any atom is 0.243 e. The molecule has 0 aliphatic carbocycles. The van der Waals surface area contributed by atoms with Crippen LogP contribution in [0.15, 0.2) is 78.9 Å². The number of amides is 2. The number of halogens is 2. The molecule has 0 radical (unpaired) electrons. The van der Waals surface area contributed by atoms with Crippen molar-refractivity contribution in [3.63, 3.8) is 0 Å². The van der Waals surface area contributed by atoms with Crippen LogP contribution in [-0.2, 0) is 16.1 Å². The van der Waals surface area contributed by atoms with E-state index < -0.39 is 12.1 Å². The fraction of sp³-hybridized carbons (Fsp3) is 0.259. The summed E-state index contributed by atoms with van der Waals surface area (Å²) < 4.78 is 0. The number of hydrogen-bond donors (Lipinski definition) is 2. The van der Waals surface area contributed by atoms with Gasteiger partial charge in [0.2, 0.25) is 11.8 Å². The summed E-state index contributed by atoms with van der Waals surface area (Å²) in [7, 11) is 0. The van der Waals surface area contributed by atoms with Gasteiger partial charge in [-0.05, 0) is 35.6 Å². The first kappa shape index (κ1) is 24.3. The Labute approximate surface area is 209 Å². The Balaban J connectivity index is 1.51. The van der Waals surface area contributed by atoms with E-state index in [1.807, 2.05) is 66.7 Å².